The molecule has 0 saturated carbocycles. The van der Waals surface area contributed by atoms with Gasteiger partial charge in [-0.2, -0.15) is 5.10 Å². The monoisotopic (exact) mass is 306 g/mol. The summed E-state index contributed by atoms with van der Waals surface area (Å²) in [6, 6.07) is 0. The molecule has 7 nitrogen and oxygen atoms in total. The lowest BCUT2D eigenvalue weighted by molar-refractivity contribution is -0.129. The summed E-state index contributed by atoms with van der Waals surface area (Å²) in [5.41, 5.74) is 3.29. The van der Waals surface area contributed by atoms with Crippen LogP contribution in [0.1, 0.15) is 30.2 Å². The van der Waals surface area contributed by atoms with Crippen LogP contribution in [0.25, 0.3) is 10.2 Å². The number of hydrogen-bond donors (Lipinski definition) is 3. The van der Waals surface area contributed by atoms with Crippen LogP contribution in [0.5, 0.6) is 0 Å². The molecule has 21 heavy (non-hydrogen) atoms. The van der Waals surface area contributed by atoms with Crippen LogP contribution in [0.4, 0.5) is 5.95 Å². The molecule has 110 valence electrons. The van der Waals surface area contributed by atoms with Crippen LogP contribution in [-0.2, 0) is 17.6 Å². The molecule has 0 saturated heterocycles. The molecule has 0 aliphatic heterocycles. The van der Waals surface area contributed by atoms with Crippen molar-refractivity contribution in [3.05, 3.63) is 20.8 Å². The molecular weight excluding hydrogens is 292 g/mol. The highest BCUT2D eigenvalue weighted by Crippen LogP contribution is 2.33. The molecular formula is C13H14N4O3S. The Morgan fingerprint density at radius 3 is 2.95 bits per heavy atom. The van der Waals surface area contributed by atoms with E-state index in [0.717, 1.165) is 31.2 Å². The number of fused-ring (bicyclic) bond motifs is 3. The SMILES string of the molecule is CC(=NNc1nc2sc3c(c2c(=O)[nH]1)CCCC3)C(=O)O. The molecule has 2 aromatic heterocycles. The van der Waals surface area contributed by atoms with Crippen LogP contribution in [-0.4, -0.2) is 26.8 Å². The largest absolute Gasteiger partial charge is 0.477 e. The van der Waals surface area contributed by atoms with Gasteiger partial charge in [0.25, 0.3) is 5.56 Å². The highest BCUT2D eigenvalue weighted by molar-refractivity contribution is 7.18. The maximum Gasteiger partial charge on any atom is 0.351 e. The van der Waals surface area contributed by atoms with E-state index < -0.39 is 5.97 Å². The van der Waals surface area contributed by atoms with E-state index in [1.807, 2.05) is 0 Å². The van der Waals surface area contributed by atoms with Gasteiger partial charge >= 0.3 is 5.97 Å². The van der Waals surface area contributed by atoms with Gasteiger partial charge in [-0.15, -0.1) is 11.3 Å². The Morgan fingerprint density at radius 2 is 2.19 bits per heavy atom. The lowest BCUT2D eigenvalue weighted by Gasteiger charge is -2.09. The molecule has 0 atom stereocenters. The summed E-state index contributed by atoms with van der Waals surface area (Å²) in [5.74, 6) is -0.968. The van der Waals surface area contributed by atoms with Crippen molar-refractivity contribution in [1.82, 2.24) is 9.97 Å². The zero-order chi connectivity index (χ0) is 15.0. The number of H-pyrrole nitrogens is 1. The first kappa shape index (κ1) is 13.7. The fourth-order valence-corrected chi connectivity index (χ4v) is 3.66. The van der Waals surface area contributed by atoms with Crippen LogP contribution in [0.3, 0.4) is 0 Å². The number of aliphatic carboxylic acids is 1. The average molecular weight is 306 g/mol. The highest BCUT2D eigenvalue weighted by Gasteiger charge is 2.19. The van der Waals surface area contributed by atoms with E-state index in [4.69, 9.17) is 5.11 Å². The number of hydrazone groups is 1. The lowest BCUT2D eigenvalue weighted by Crippen LogP contribution is -2.14. The van der Waals surface area contributed by atoms with Gasteiger partial charge in [-0.25, -0.2) is 15.2 Å². The van der Waals surface area contributed by atoms with E-state index >= 15 is 0 Å². The number of carboxylic acid groups (broad SMARTS) is 1. The second-order valence-electron chi connectivity index (χ2n) is 4.92. The minimum Gasteiger partial charge on any atom is -0.477 e. The summed E-state index contributed by atoms with van der Waals surface area (Å²) in [5, 5.41) is 13.1. The Hall–Kier alpha value is -2.22. The maximum absolute atomic E-state index is 12.2. The fraction of sp³-hybridized carbons (Fsp3) is 0.385. The number of aromatic amines is 1. The Bertz CT molecular complexity index is 806. The van der Waals surface area contributed by atoms with E-state index in [1.54, 1.807) is 0 Å². The first-order valence-electron chi connectivity index (χ1n) is 6.64. The quantitative estimate of drug-likeness (QED) is 0.591. The van der Waals surface area contributed by atoms with Crippen molar-refractivity contribution < 1.29 is 9.90 Å². The van der Waals surface area contributed by atoms with Gasteiger partial charge in [-0.1, -0.05) is 0 Å². The summed E-state index contributed by atoms with van der Waals surface area (Å²) in [7, 11) is 0. The van der Waals surface area contributed by atoms with Crippen LogP contribution in [0.15, 0.2) is 9.90 Å². The Labute approximate surface area is 123 Å². The molecule has 2 heterocycles. The number of rotatable bonds is 3. The number of carboxylic acids is 1. The van der Waals surface area contributed by atoms with E-state index in [0.29, 0.717) is 10.2 Å². The molecule has 0 bridgehead atoms. The van der Waals surface area contributed by atoms with Crippen LogP contribution in [0.2, 0.25) is 0 Å². The van der Waals surface area contributed by atoms with Crippen molar-refractivity contribution in [3.63, 3.8) is 0 Å². The molecule has 3 rings (SSSR count). The molecule has 2 aromatic rings. The third-order valence-corrected chi connectivity index (χ3v) is 4.65. The third-order valence-electron chi connectivity index (χ3n) is 3.46. The summed E-state index contributed by atoms with van der Waals surface area (Å²) >= 11 is 1.53. The third kappa shape index (κ3) is 2.54. The van der Waals surface area contributed by atoms with Gasteiger partial charge in [0.1, 0.15) is 10.5 Å². The molecule has 0 spiro atoms. The number of thiophene rings is 1. The predicted molar refractivity (Wildman–Crippen MR) is 81.3 cm³/mol. The summed E-state index contributed by atoms with van der Waals surface area (Å²) in [6.45, 7) is 1.36. The highest BCUT2D eigenvalue weighted by atomic mass is 32.1. The van der Waals surface area contributed by atoms with Crippen LogP contribution in [0, 0.1) is 0 Å². The molecule has 0 aromatic carbocycles. The number of anilines is 1. The Kier molecular flexibility index (Phi) is 3.46. The number of aryl methyl sites for hydroxylation is 2. The minimum atomic E-state index is -1.13. The van der Waals surface area contributed by atoms with Gasteiger partial charge in [-0.3, -0.25) is 9.78 Å². The molecule has 0 fully saturated rings. The second kappa shape index (κ2) is 5.28. The normalized spacial score (nSPS) is 15.0. The molecule has 8 heteroatoms. The molecule has 1 aliphatic rings. The van der Waals surface area contributed by atoms with E-state index in [1.165, 1.54) is 23.1 Å². The van der Waals surface area contributed by atoms with Crippen LogP contribution >= 0.6 is 11.3 Å². The van der Waals surface area contributed by atoms with Crippen LogP contribution < -0.4 is 11.0 Å². The van der Waals surface area contributed by atoms with Gasteiger partial charge in [-0.05, 0) is 38.2 Å². The minimum absolute atomic E-state index is 0.108. The van der Waals surface area contributed by atoms with Crippen molar-refractivity contribution >= 4 is 39.2 Å². The number of carbonyl (C=O) groups is 1. The predicted octanol–water partition coefficient (Wildman–Crippen LogP) is 1.74. The van der Waals surface area contributed by atoms with Gasteiger partial charge in [0.05, 0.1) is 5.39 Å². The van der Waals surface area contributed by atoms with Gasteiger partial charge < -0.3 is 5.11 Å². The molecule has 0 unspecified atom stereocenters. The standard InChI is InChI=1S/C13H14N4O3S/c1-6(12(19)20)16-17-13-14-10(18)9-7-4-2-3-5-8(7)21-11(9)15-13/h2-5H2,1H3,(H,19,20)(H2,14,15,17,18). The molecule has 0 amide bonds. The number of nitrogens with zero attached hydrogens (tertiary/aromatic N) is 2. The van der Waals surface area contributed by atoms with Crippen molar-refractivity contribution in [2.45, 2.75) is 32.6 Å². The zero-order valence-corrected chi connectivity index (χ0v) is 12.2. The summed E-state index contributed by atoms with van der Waals surface area (Å²) in [6.07, 6.45) is 4.16. The molecule has 0 radical (unpaired) electrons. The van der Waals surface area contributed by atoms with Crippen molar-refractivity contribution in [3.8, 4) is 0 Å². The Balaban J connectivity index is 2.02. The van der Waals surface area contributed by atoms with E-state index in [2.05, 4.69) is 20.5 Å². The van der Waals surface area contributed by atoms with Crippen molar-refractivity contribution in [2.75, 3.05) is 5.43 Å². The fourth-order valence-electron chi connectivity index (χ4n) is 2.40. The second-order valence-corrected chi connectivity index (χ2v) is 6.00. The summed E-state index contributed by atoms with van der Waals surface area (Å²) in [4.78, 5) is 31.7. The number of aromatic nitrogens is 2. The number of nitrogens with one attached hydrogen (secondary N) is 2. The van der Waals surface area contributed by atoms with Gasteiger partial charge in [0, 0.05) is 4.88 Å². The smallest absolute Gasteiger partial charge is 0.351 e. The van der Waals surface area contributed by atoms with E-state index in [-0.39, 0.29) is 17.2 Å². The van der Waals surface area contributed by atoms with E-state index in [9.17, 15) is 9.59 Å². The van der Waals surface area contributed by atoms with Crippen molar-refractivity contribution in [1.29, 1.82) is 0 Å². The average Bonchev–Trinajstić information content (AvgIpc) is 2.83. The topological polar surface area (TPSA) is 107 Å². The Morgan fingerprint density at radius 1 is 1.43 bits per heavy atom. The number of hydrogen-bond acceptors (Lipinski definition) is 6. The van der Waals surface area contributed by atoms with Crippen molar-refractivity contribution in [2.24, 2.45) is 5.10 Å². The van der Waals surface area contributed by atoms with Gasteiger partial charge in [0.2, 0.25) is 5.95 Å². The van der Waals surface area contributed by atoms with Gasteiger partial charge in [0.15, 0.2) is 0 Å². The summed E-state index contributed by atoms with van der Waals surface area (Å²) < 4.78 is 0. The molecule has 1 aliphatic carbocycles. The molecule has 3 N–H and O–H groups in total. The maximum atomic E-state index is 12.2. The zero-order valence-electron chi connectivity index (χ0n) is 11.4. The lowest BCUT2D eigenvalue weighted by atomic mass is 9.97. The first-order chi connectivity index (χ1) is 10.1. The first-order valence-corrected chi connectivity index (χ1v) is 7.46.